The van der Waals surface area contributed by atoms with E-state index in [9.17, 15) is 18.8 Å². The summed E-state index contributed by atoms with van der Waals surface area (Å²) < 4.78 is 18.9. The van der Waals surface area contributed by atoms with Gasteiger partial charge in [-0.2, -0.15) is 0 Å². The molecule has 1 saturated carbocycles. The fourth-order valence-electron chi connectivity index (χ4n) is 3.55. The van der Waals surface area contributed by atoms with Gasteiger partial charge in [0.2, 0.25) is 11.8 Å². The highest BCUT2D eigenvalue weighted by atomic mass is 19.1. The smallest absolute Gasteiger partial charge is 0.411 e. The van der Waals surface area contributed by atoms with Crippen molar-refractivity contribution in [3.8, 4) is 0 Å². The number of ether oxygens (including phenoxy) is 1. The van der Waals surface area contributed by atoms with Crippen molar-refractivity contribution in [2.24, 2.45) is 5.92 Å². The largest absolute Gasteiger partial charge is 0.438 e. The highest BCUT2D eigenvalue weighted by Gasteiger charge is 2.47. The van der Waals surface area contributed by atoms with Crippen molar-refractivity contribution >= 4 is 23.6 Å². The van der Waals surface area contributed by atoms with Gasteiger partial charge in [-0.05, 0) is 48.2 Å². The molecule has 168 valence electrons. The number of amides is 3. The first-order valence-electron chi connectivity index (χ1n) is 10.7. The van der Waals surface area contributed by atoms with Crippen LogP contribution in [-0.4, -0.2) is 34.9 Å². The van der Waals surface area contributed by atoms with Gasteiger partial charge < -0.3 is 15.4 Å². The summed E-state index contributed by atoms with van der Waals surface area (Å²) in [6, 6.07) is 12.0. The zero-order valence-corrected chi connectivity index (χ0v) is 18.0. The van der Waals surface area contributed by atoms with Gasteiger partial charge in [-0.1, -0.05) is 38.1 Å². The van der Waals surface area contributed by atoms with Crippen molar-refractivity contribution in [3.63, 3.8) is 0 Å². The molecule has 1 saturated heterocycles. The van der Waals surface area contributed by atoms with Crippen molar-refractivity contribution < 1.29 is 23.5 Å². The number of halogens is 1. The number of cyclic esters (lactones) is 1. The molecule has 0 unspecified atom stereocenters. The van der Waals surface area contributed by atoms with Gasteiger partial charge in [-0.3, -0.25) is 14.5 Å². The third kappa shape index (κ3) is 4.90. The fourth-order valence-corrected chi connectivity index (χ4v) is 3.55. The van der Waals surface area contributed by atoms with Crippen molar-refractivity contribution in [1.82, 2.24) is 10.2 Å². The molecule has 0 aromatic heterocycles. The third-order valence-electron chi connectivity index (χ3n) is 5.57. The van der Waals surface area contributed by atoms with Crippen LogP contribution in [0.25, 0.3) is 0 Å². The van der Waals surface area contributed by atoms with Crippen LogP contribution in [-0.2, 0) is 20.9 Å². The summed E-state index contributed by atoms with van der Waals surface area (Å²) in [4.78, 5) is 39.1. The lowest BCUT2D eigenvalue weighted by Gasteiger charge is -2.24. The van der Waals surface area contributed by atoms with Crippen molar-refractivity contribution in [1.29, 1.82) is 0 Å². The van der Waals surface area contributed by atoms with E-state index in [1.165, 1.54) is 17.0 Å². The molecule has 2 atom stereocenters. The summed E-state index contributed by atoms with van der Waals surface area (Å²) in [6.07, 6.45) is 0.435. The van der Waals surface area contributed by atoms with Crippen LogP contribution >= 0.6 is 0 Å². The summed E-state index contributed by atoms with van der Waals surface area (Å²) in [5.74, 6) is -0.899. The number of rotatable bonds is 7. The predicted octanol–water partition coefficient (Wildman–Crippen LogP) is 3.76. The van der Waals surface area contributed by atoms with Crippen LogP contribution in [0.1, 0.15) is 43.9 Å². The quantitative estimate of drug-likeness (QED) is 0.688. The van der Waals surface area contributed by atoms with Crippen LogP contribution in [0.2, 0.25) is 0 Å². The molecule has 0 radical (unpaired) electrons. The van der Waals surface area contributed by atoms with Gasteiger partial charge in [-0.15, -0.1) is 0 Å². The Labute approximate surface area is 185 Å². The topological polar surface area (TPSA) is 87.7 Å². The van der Waals surface area contributed by atoms with Gasteiger partial charge >= 0.3 is 6.09 Å². The Morgan fingerprint density at radius 3 is 2.34 bits per heavy atom. The molecule has 1 aliphatic heterocycles. The van der Waals surface area contributed by atoms with Crippen LogP contribution in [0, 0.1) is 11.7 Å². The Balaban J connectivity index is 1.57. The monoisotopic (exact) mass is 439 g/mol. The normalized spacial score (nSPS) is 20.2. The maximum atomic E-state index is 13.3. The van der Waals surface area contributed by atoms with Crippen LogP contribution in [0.5, 0.6) is 0 Å². The van der Waals surface area contributed by atoms with Crippen LogP contribution in [0.4, 0.5) is 14.9 Å². The lowest BCUT2D eigenvalue weighted by Crippen LogP contribution is -2.46. The predicted molar refractivity (Wildman–Crippen MR) is 116 cm³/mol. The number of benzene rings is 2. The SMILES string of the molecule is CC(C)C(=O)Nc1ccc([C@H]2OC(=O)N(Cc3ccc(F)cc3)[C@@H]2C(=O)NC2CC2)cc1. The lowest BCUT2D eigenvalue weighted by molar-refractivity contribution is -0.126. The molecule has 4 rings (SSSR count). The molecule has 1 heterocycles. The Hall–Kier alpha value is -3.42. The maximum absolute atomic E-state index is 13.3. The summed E-state index contributed by atoms with van der Waals surface area (Å²) in [5, 5.41) is 5.78. The second-order valence-electron chi connectivity index (χ2n) is 8.55. The fraction of sp³-hybridized carbons (Fsp3) is 0.375. The molecule has 2 N–H and O–H groups in total. The van der Waals surface area contributed by atoms with Crippen molar-refractivity contribution in [2.45, 2.75) is 51.4 Å². The minimum Gasteiger partial charge on any atom is -0.438 e. The average molecular weight is 439 g/mol. The zero-order valence-electron chi connectivity index (χ0n) is 18.0. The number of hydrogen-bond acceptors (Lipinski definition) is 4. The van der Waals surface area contributed by atoms with E-state index in [1.54, 1.807) is 50.2 Å². The van der Waals surface area contributed by atoms with E-state index in [2.05, 4.69) is 10.6 Å². The number of anilines is 1. The van der Waals surface area contributed by atoms with E-state index in [1.807, 2.05) is 0 Å². The summed E-state index contributed by atoms with van der Waals surface area (Å²) in [7, 11) is 0. The van der Waals surface area contributed by atoms with E-state index in [0.717, 1.165) is 12.8 Å². The number of carbonyl (C=O) groups excluding carboxylic acids is 3. The van der Waals surface area contributed by atoms with E-state index < -0.39 is 18.2 Å². The highest BCUT2D eigenvalue weighted by Crippen LogP contribution is 2.35. The summed E-state index contributed by atoms with van der Waals surface area (Å²) >= 11 is 0. The van der Waals surface area contributed by atoms with Gasteiger partial charge in [0.25, 0.3) is 0 Å². The molecular weight excluding hydrogens is 413 g/mol. The molecule has 8 heteroatoms. The Morgan fingerprint density at radius 1 is 1.09 bits per heavy atom. The van der Waals surface area contributed by atoms with Gasteiger partial charge in [0.05, 0.1) is 6.54 Å². The van der Waals surface area contributed by atoms with Crippen LogP contribution in [0.3, 0.4) is 0 Å². The number of nitrogens with one attached hydrogen (secondary N) is 2. The minimum atomic E-state index is -0.857. The highest BCUT2D eigenvalue weighted by molar-refractivity contribution is 5.92. The lowest BCUT2D eigenvalue weighted by atomic mass is 10.00. The molecule has 2 aromatic rings. The van der Waals surface area contributed by atoms with Crippen LogP contribution < -0.4 is 10.6 Å². The molecule has 2 aromatic carbocycles. The molecular formula is C24H26FN3O4. The third-order valence-corrected chi connectivity index (χ3v) is 5.57. The first-order chi connectivity index (χ1) is 15.3. The van der Waals surface area contributed by atoms with E-state index >= 15 is 0 Å². The molecule has 2 fully saturated rings. The maximum Gasteiger partial charge on any atom is 0.411 e. The molecule has 32 heavy (non-hydrogen) atoms. The van der Waals surface area contributed by atoms with E-state index in [0.29, 0.717) is 16.8 Å². The number of carbonyl (C=O) groups is 3. The first kappa shape index (κ1) is 21.8. The number of nitrogens with zero attached hydrogens (tertiary/aromatic N) is 1. The Bertz CT molecular complexity index is 1000. The molecule has 7 nitrogen and oxygen atoms in total. The van der Waals surface area contributed by atoms with Gasteiger partial charge in [0, 0.05) is 17.6 Å². The standard InChI is InChI=1S/C24H26FN3O4/c1-14(2)22(29)26-18-9-5-16(6-10-18)21-20(23(30)27-19-11-12-19)28(24(31)32-21)13-15-3-7-17(25)8-4-15/h3-10,14,19-21H,11-13H2,1-2H3,(H,26,29)(H,27,30)/t20-,21+/m0/s1. The van der Waals surface area contributed by atoms with E-state index in [4.69, 9.17) is 4.74 Å². The second kappa shape index (κ2) is 8.98. The molecule has 0 spiro atoms. The van der Waals surface area contributed by atoms with Gasteiger partial charge in [0.1, 0.15) is 5.82 Å². The second-order valence-corrected chi connectivity index (χ2v) is 8.55. The van der Waals surface area contributed by atoms with Crippen molar-refractivity contribution in [3.05, 3.63) is 65.5 Å². The zero-order chi connectivity index (χ0) is 22.8. The average Bonchev–Trinajstić information content (AvgIpc) is 3.52. The number of hydrogen-bond donors (Lipinski definition) is 2. The van der Waals surface area contributed by atoms with Crippen LogP contribution in [0.15, 0.2) is 48.5 Å². The molecule has 3 amide bonds. The van der Waals surface area contributed by atoms with Gasteiger partial charge in [-0.25, -0.2) is 9.18 Å². The minimum absolute atomic E-state index is 0.0998. The Morgan fingerprint density at radius 2 is 1.75 bits per heavy atom. The van der Waals surface area contributed by atoms with Gasteiger partial charge in [0.15, 0.2) is 12.1 Å². The molecule has 0 bridgehead atoms. The van der Waals surface area contributed by atoms with Crippen molar-refractivity contribution in [2.75, 3.05) is 5.32 Å². The molecule has 1 aliphatic carbocycles. The first-order valence-corrected chi connectivity index (χ1v) is 10.7. The summed E-state index contributed by atoms with van der Waals surface area (Å²) in [6.45, 7) is 3.74. The molecule has 2 aliphatic rings. The van der Waals surface area contributed by atoms with E-state index in [-0.39, 0.29) is 36.1 Å². The summed E-state index contributed by atoms with van der Waals surface area (Å²) in [5.41, 5.74) is 1.97. The Kier molecular flexibility index (Phi) is 6.12.